The van der Waals surface area contributed by atoms with Crippen molar-refractivity contribution in [3.05, 3.63) is 34.3 Å². The molecule has 0 bridgehead atoms. The van der Waals surface area contributed by atoms with Gasteiger partial charge in [0.2, 0.25) is 0 Å². The summed E-state index contributed by atoms with van der Waals surface area (Å²) >= 11 is 2.98. The van der Waals surface area contributed by atoms with Gasteiger partial charge in [0.1, 0.15) is 0 Å². The Morgan fingerprint density at radius 3 is 1.62 bits per heavy atom. The van der Waals surface area contributed by atoms with Gasteiger partial charge in [-0.15, -0.1) is 0 Å². The van der Waals surface area contributed by atoms with Crippen molar-refractivity contribution in [1.82, 2.24) is 0 Å². The zero-order valence-electron chi connectivity index (χ0n) is 11.7. The first kappa shape index (κ1) is 21.1. The summed E-state index contributed by atoms with van der Waals surface area (Å²) in [6.07, 6.45) is -9.23. The van der Waals surface area contributed by atoms with Crippen LogP contribution >= 0.6 is 15.9 Å². The van der Waals surface area contributed by atoms with Crippen LogP contribution in [0.2, 0.25) is 0 Å². The molecule has 0 heterocycles. The maximum Gasteiger partial charge on any atom is 0.460 e. The van der Waals surface area contributed by atoms with Crippen LogP contribution in [-0.4, -0.2) is 29.1 Å². The van der Waals surface area contributed by atoms with E-state index in [9.17, 15) is 44.6 Å². The predicted octanol–water partition coefficient (Wildman–Crippen LogP) is 5.51. The van der Waals surface area contributed by atoms with Crippen LogP contribution in [0.5, 0.6) is 0 Å². The number of halogens is 10. The van der Waals surface area contributed by atoms with Crippen molar-refractivity contribution in [3.8, 4) is 0 Å². The lowest BCUT2D eigenvalue weighted by atomic mass is 9.86. The fraction of sp³-hybridized carbons (Fsp3) is 0.538. The molecule has 0 spiro atoms. The van der Waals surface area contributed by atoms with Crippen molar-refractivity contribution in [2.75, 3.05) is 0 Å². The Labute approximate surface area is 138 Å². The van der Waals surface area contributed by atoms with Gasteiger partial charge in [-0.3, -0.25) is 0 Å². The smallest absolute Gasteiger partial charge is 0.385 e. The molecule has 24 heavy (non-hydrogen) atoms. The second-order valence-electron chi connectivity index (χ2n) is 5.31. The highest BCUT2D eigenvalue weighted by molar-refractivity contribution is 9.10. The fourth-order valence-corrected chi connectivity index (χ4v) is 2.13. The number of rotatable bonds is 5. The third-order valence-corrected chi connectivity index (χ3v) is 3.77. The van der Waals surface area contributed by atoms with Gasteiger partial charge in [-0.05, 0) is 24.6 Å². The Hall–Kier alpha value is -0.970. The van der Waals surface area contributed by atoms with E-state index >= 15 is 0 Å². The van der Waals surface area contributed by atoms with Crippen LogP contribution in [0.25, 0.3) is 0 Å². The first-order chi connectivity index (χ1) is 10.5. The molecule has 1 N–H and O–H groups in total. The lowest BCUT2D eigenvalue weighted by Crippen LogP contribution is -2.62. The number of hydrogen-bond donors (Lipinski definition) is 1. The Kier molecular flexibility index (Phi) is 5.34. The average molecular weight is 433 g/mol. The molecule has 0 fully saturated rings. The van der Waals surface area contributed by atoms with Crippen LogP contribution in [0.3, 0.4) is 0 Å². The molecule has 1 rings (SSSR count). The molecule has 0 aliphatic carbocycles. The summed E-state index contributed by atoms with van der Waals surface area (Å²) in [6.45, 7) is 0.603. The minimum Gasteiger partial charge on any atom is -0.385 e. The molecule has 11 heteroatoms. The second-order valence-corrected chi connectivity index (χ2v) is 6.22. The molecule has 0 saturated heterocycles. The minimum atomic E-state index is -6.97. The van der Waals surface area contributed by atoms with Crippen LogP contribution < -0.4 is 0 Å². The maximum absolute atomic E-state index is 13.6. The predicted molar refractivity (Wildman–Crippen MR) is 69.2 cm³/mol. The number of benzene rings is 1. The molecule has 0 aromatic heterocycles. The number of alkyl halides is 9. The van der Waals surface area contributed by atoms with Crippen LogP contribution in [0.4, 0.5) is 39.5 Å². The summed E-state index contributed by atoms with van der Waals surface area (Å²) in [5.41, 5.74) is -3.15. The standard InChI is InChI=1S/C13H10BrF9O/c1-9(24,7-2-4-8(14)5-3-7)6-10(15,16)11(17,18)12(19,20)13(21,22)23/h2-5,24H,6H2,1H3. The Morgan fingerprint density at radius 1 is 0.833 bits per heavy atom. The van der Waals surface area contributed by atoms with Gasteiger partial charge in [0, 0.05) is 4.47 Å². The van der Waals surface area contributed by atoms with Crippen molar-refractivity contribution in [2.24, 2.45) is 0 Å². The van der Waals surface area contributed by atoms with Gasteiger partial charge in [0.05, 0.1) is 12.0 Å². The minimum absolute atomic E-state index is 0.364. The molecular weight excluding hydrogens is 423 g/mol. The van der Waals surface area contributed by atoms with Gasteiger partial charge in [-0.25, -0.2) is 0 Å². The molecule has 0 radical (unpaired) electrons. The van der Waals surface area contributed by atoms with Crippen LogP contribution in [0, 0.1) is 0 Å². The Balaban J connectivity index is 3.21. The van der Waals surface area contributed by atoms with E-state index in [4.69, 9.17) is 0 Å². The van der Waals surface area contributed by atoms with E-state index in [1.165, 1.54) is 12.1 Å². The van der Waals surface area contributed by atoms with Gasteiger partial charge in [-0.2, -0.15) is 39.5 Å². The molecule has 1 atom stereocenters. The van der Waals surface area contributed by atoms with E-state index in [1.807, 2.05) is 0 Å². The van der Waals surface area contributed by atoms with Crippen molar-refractivity contribution in [2.45, 2.75) is 42.9 Å². The molecule has 0 saturated carbocycles. The third-order valence-electron chi connectivity index (χ3n) is 3.24. The van der Waals surface area contributed by atoms with Crippen molar-refractivity contribution in [1.29, 1.82) is 0 Å². The van der Waals surface area contributed by atoms with Crippen LogP contribution in [0.1, 0.15) is 18.9 Å². The summed E-state index contributed by atoms with van der Waals surface area (Å²) in [5.74, 6) is -19.6. The summed E-state index contributed by atoms with van der Waals surface area (Å²) in [6, 6.07) is 4.54. The summed E-state index contributed by atoms with van der Waals surface area (Å²) in [4.78, 5) is 0. The topological polar surface area (TPSA) is 20.2 Å². The lowest BCUT2D eigenvalue weighted by Gasteiger charge is -2.37. The van der Waals surface area contributed by atoms with Gasteiger partial charge in [-0.1, -0.05) is 28.1 Å². The summed E-state index contributed by atoms with van der Waals surface area (Å²) < 4.78 is 116. The number of hydrogen-bond acceptors (Lipinski definition) is 1. The SMILES string of the molecule is CC(O)(CC(F)(F)C(F)(F)C(F)(F)C(F)(F)F)c1ccc(Br)cc1. The van der Waals surface area contributed by atoms with E-state index < -0.39 is 36.0 Å². The van der Waals surface area contributed by atoms with E-state index in [1.54, 1.807) is 0 Å². The van der Waals surface area contributed by atoms with Crippen LogP contribution in [0.15, 0.2) is 28.7 Å². The van der Waals surface area contributed by atoms with E-state index in [0.717, 1.165) is 12.1 Å². The lowest BCUT2D eigenvalue weighted by molar-refractivity contribution is -0.400. The normalized spacial score (nSPS) is 16.8. The second kappa shape index (κ2) is 6.08. The summed E-state index contributed by atoms with van der Waals surface area (Å²) in [7, 11) is 0. The van der Waals surface area contributed by atoms with Crippen LogP contribution in [-0.2, 0) is 5.60 Å². The van der Waals surface area contributed by atoms with Gasteiger partial charge in [0.25, 0.3) is 0 Å². The van der Waals surface area contributed by atoms with Gasteiger partial charge >= 0.3 is 23.9 Å². The average Bonchev–Trinajstić information content (AvgIpc) is 2.36. The fourth-order valence-electron chi connectivity index (χ4n) is 1.86. The monoisotopic (exact) mass is 432 g/mol. The first-order valence-corrected chi connectivity index (χ1v) is 6.93. The quantitative estimate of drug-likeness (QED) is 0.607. The highest BCUT2D eigenvalue weighted by atomic mass is 79.9. The first-order valence-electron chi connectivity index (χ1n) is 6.14. The molecule has 1 unspecified atom stereocenters. The molecule has 1 aromatic rings. The Morgan fingerprint density at radius 2 is 1.25 bits per heavy atom. The molecular formula is C13H10BrF9O. The van der Waals surface area contributed by atoms with Gasteiger partial charge < -0.3 is 5.11 Å². The highest BCUT2D eigenvalue weighted by Crippen LogP contribution is 2.55. The maximum atomic E-state index is 13.6. The third kappa shape index (κ3) is 3.66. The molecule has 1 nitrogen and oxygen atoms in total. The van der Waals surface area contributed by atoms with E-state index in [-0.39, 0.29) is 5.56 Å². The zero-order chi connectivity index (χ0) is 19.2. The number of aliphatic hydroxyl groups is 1. The van der Waals surface area contributed by atoms with Crippen molar-refractivity contribution < 1.29 is 44.6 Å². The van der Waals surface area contributed by atoms with E-state index in [0.29, 0.717) is 11.4 Å². The van der Waals surface area contributed by atoms with Crippen molar-refractivity contribution in [3.63, 3.8) is 0 Å². The molecule has 138 valence electrons. The molecule has 0 aliphatic rings. The largest absolute Gasteiger partial charge is 0.460 e. The van der Waals surface area contributed by atoms with Gasteiger partial charge in [0.15, 0.2) is 0 Å². The van der Waals surface area contributed by atoms with E-state index in [2.05, 4.69) is 15.9 Å². The Bertz CT molecular complexity index is 578. The zero-order valence-corrected chi connectivity index (χ0v) is 13.3. The highest BCUT2D eigenvalue weighted by Gasteiger charge is 2.81. The summed E-state index contributed by atoms with van der Waals surface area (Å²) in [5, 5.41) is 9.89. The molecule has 0 amide bonds. The molecule has 1 aromatic carbocycles. The molecule has 0 aliphatic heterocycles. The van der Waals surface area contributed by atoms with Crippen molar-refractivity contribution >= 4 is 15.9 Å².